The first kappa shape index (κ1) is 9.65. The summed E-state index contributed by atoms with van der Waals surface area (Å²) in [6.45, 7) is 0. The molecule has 2 N–H and O–H groups in total. The molecule has 0 unspecified atom stereocenters. The molecule has 1 aromatic carbocycles. The van der Waals surface area contributed by atoms with Gasteiger partial charge in [-0.2, -0.15) is 4.98 Å². The first-order valence-corrected chi connectivity index (χ1v) is 5.10. The minimum Gasteiger partial charge on any atom is -0.508 e. The van der Waals surface area contributed by atoms with Gasteiger partial charge >= 0.3 is 0 Å². The maximum atomic E-state index is 9.37. The smallest absolute Gasteiger partial charge is 0.258 e. The van der Waals surface area contributed by atoms with Crippen LogP contribution in [0.5, 0.6) is 5.75 Å². The van der Waals surface area contributed by atoms with Gasteiger partial charge in [0.15, 0.2) is 0 Å². The maximum absolute atomic E-state index is 9.37. The fraction of sp³-hybridized carbons (Fsp3) is 0. The molecule has 0 aliphatic carbocycles. The largest absolute Gasteiger partial charge is 0.508 e. The van der Waals surface area contributed by atoms with Crippen LogP contribution in [0.25, 0.3) is 23.0 Å². The van der Waals surface area contributed by atoms with Crippen molar-refractivity contribution in [2.24, 2.45) is 0 Å². The average molecular weight is 227 g/mol. The van der Waals surface area contributed by atoms with E-state index in [0.717, 1.165) is 5.69 Å². The Labute approximate surface area is 96.7 Å². The SMILES string of the molecule is Oc1cccc(-c2nc(-c3ccc[nH]3)no2)c1. The van der Waals surface area contributed by atoms with Gasteiger partial charge < -0.3 is 14.6 Å². The molecule has 0 radical (unpaired) electrons. The fourth-order valence-corrected chi connectivity index (χ4v) is 1.56. The Morgan fingerprint density at radius 3 is 2.88 bits per heavy atom. The van der Waals surface area contributed by atoms with Gasteiger partial charge in [-0.05, 0) is 30.3 Å². The van der Waals surface area contributed by atoms with Crippen molar-refractivity contribution in [3.05, 3.63) is 42.6 Å². The predicted octanol–water partition coefficient (Wildman–Crippen LogP) is 2.44. The van der Waals surface area contributed by atoms with Crippen LogP contribution < -0.4 is 0 Å². The molecular weight excluding hydrogens is 218 g/mol. The highest BCUT2D eigenvalue weighted by atomic mass is 16.5. The first-order valence-electron chi connectivity index (χ1n) is 5.10. The summed E-state index contributed by atoms with van der Waals surface area (Å²) < 4.78 is 5.14. The topological polar surface area (TPSA) is 74.9 Å². The normalized spacial score (nSPS) is 10.6. The van der Waals surface area contributed by atoms with Gasteiger partial charge in [0, 0.05) is 11.8 Å². The molecule has 0 saturated carbocycles. The summed E-state index contributed by atoms with van der Waals surface area (Å²) in [5.41, 5.74) is 1.48. The molecule has 0 spiro atoms. The molecule has 0 fully saturated rings. The van der Waals surface area contributed by atoms with Crippen LogP contribution in [0.4, 0.5) is 0 Å². The van der Waals surface area contributed by atoms with E-state index in [1.165, 1.54) is 0 Å². The van der Waals surface area contributed by atoms with Crippen molar-refractivity contribution in [1.82, 2.24) is 15.1 Å². The number of aromatic hydroxyl groups is 1. The van der Waals surface area contributed by atoms with Crippen LogP contribution in [0.3, 0.4) is 0 Å². The Kier molecular flexibility index (Phi) is 2.15. The molecule has 0 atom stereocenters. The van der Waals surface area contributed by atoms with Crippen molar-refractivity contribution in [2.45, 2.75) is 0 Å². The van der Waals surface area contributed by atoms with E-state index in [-0.39, 0.29) is 5.75 Å². The van der Waals surface area contributed by atoms with Crippen LogP contribution in [-0.4, -0.2) is 20.2 Å². The van der Waals surface area contributed by atoms with Crippen LogP contribution in [0, 0.1) is 0 Å². The quantitative estimate of drug-likeness (QED) is 0.705. The standard InChI is InChI=1S/C12H9N3O2/c16-9-4-1-3-8(7-9)12-14-11(15-17-12)10-5-2-6-13-10/h1-7,13,16H. The molecule has 0 aliphatic heterocycles. The van der Waals surface area contributed by atoms with E-state index in [2.05, 4.69) is 15.1 Å². The van der Waals surface area contributed by atoms with Gasteiger partial charge in [0.25, 0.3) is 5.89 Å². The number of aromatic nitrogens is 3. The number of phenols is 1. The van der Waals surface area contributed by atoms with Gasteiger partial charge in [0.05, 0.1) is 5.69 Å². The van der Waals surface area contributed by atoms with E-state index in [1.54, 1.807) is 30.5 Å². The second-order valence-corrected chi connectivity index (χ2v) is 3.56. The Morgan fingerprint density at radius 2 is 2.12 bits per heavy atom. The number of hydrogen-bond acceptors (Lipinski definition) is 4. The van der Waals surface area contributed by atoms with E-state index in [4.69, 9.17) is 4.52 Å². The van der Waals surface area contributed by atoms with Crippen LogP contribution in [0.2, 0.25) is 0 Å². The Morgan fingerprint density at radius 1 is 1.18 bits per heavy atom. The van der Waals surface area contributed by atoms with Gasteiger partial charge in [0.1, 0.15) is 5.75 Å². The average Bonchev–Trinajstić information content (AvgIpc) is 3.00. The summed E-state index contributed by atoms with van der Waals surface area (Å²) in [7, 11) is 0. The first-order chi connectivity index (χ1) is 8.33. The van der Waals surface area contributed by atoms with Crippen LogP contribution in [-0.2, 0) is 0 Å². The number of benzene rings is 1. The van der Waals surface area contributed by atoms with Crippen molar-refractivity contribution in [2.75, 3.05) is 0 Å². The summed E-state index contributed by atoms with van der Waals surface area (Å²) in [6, 6.07) is 10.4. The predicted molar refractivity (Wildman–Crippen MR) is 61.2 cm³/mol. The van der Waals surface area contributed by atoms with Crippen molar-refractivity contribution in [3.8, 4) is 28.7 Å². The van der Waals surface area contributed by atoms with Crippen molar-refractivity contribution < 1.29 is 9.63 Å². The van der Waals surface area contributed by atoms with E-state index < -0.39 is 0 Å². The minimum atomic E-state index is 0.169. The van der Waals surface area contributed by atoms with Crippen LogP contribution in [0.1, 0.15) is 0 Å². The fourth-order valence-electron chi connectivity index (χ4n) is 1.56. The zero-order valence-electron chi connectivity index (χ0n) is 8.79. The molecule has 2 aromatic heterocycles. The highest BCUT2D eigenvalue weighted by Crippen LogP contribution is 2.23. The number of nitrogens with zero attached hydrogens (tertiary/aromatic N) is 2. The van der Waals surface area contributed by atoms with Crippen LogP contribution >= 0.6 is 0 Å². The number of nitrogens with one attached hydrogen (secondary N) is 1. The summed E-state index contributed by atoms with van der Waals surface area (Å²) in [4.78, 5) is 7.24. The third-order valence-corrected chi connectivity index (χ3v) is 2.36. The Bertz CT molecular complexity index is 629. The van der Waals surface area contributed by atoms with E-state index >= 15 is 0 Å². The molecular formula is C12H9N3O2. The second kappa shape index (κ2) is 3.79. The van der Waals surface area contributed by atoms with Crippen molar-refractivity contribution in [1.29, 1.82) is 0 Å². The Hall–Kier alpha value is -2.56. The molecule has 3 rings (SSSR count). The zero-order chi connectivity index (χ0) is 11.7. The lowest BCUT2D eigenvalue weighted by molar-refractivity contribution is 0.431. The molecule has 0 amide bonds. The number of H-pyrrole nitrogens is 1. The zero-order valence-corrected chi connectivity index (χ0v) is 8.79. The number of phenolic OH excluding ortho intramolecular Hbond substituents is 1. The highest BCUT2D eigenvalue weighted by Gasteiger charge is 2.10. The number of aromatic amines is 1. The lowest BCUT2D eigenvalue weighted by atomic mass is 10.2. The molecule has 0 saturated heterocycles. The molecule has 17 heavy (non-hydrogen) atoms. The Balaban J connectivity index is 2.01. The number of hydrogen-bond donors (Lipinski definition) is 2. The lowest BCUT2D eigenvalue weighted by Gasteiger charge is -1.94. The molecule has 3 aromatic rings. The summed E-state index contributed by atoms with van der Waals surface area (Å²) in [5.74, 6) is 1.04. The summed E-state index contributed by atoms with van der Waals surface area (Å²) >= 11 is 0. The molecule has 0 aliphatic rings. The highest BCUT2D eigenvalue weighted by molar-refractivity contribution is 5.58. The van der Waals surface area contributed by atoms with Crippen molar-refractivity contribution in [3.63, 3.8) is 0 Å². The minimum absolute atomic E-state index is 0.169. The van der Waals surface area contributed by atoms with Gasteiger partial charge in [-0.1, -0.05) is 11.2 Å². The molecule has 5 heteroatoms. The van der Waals surface area contributed by atoms with E-state index in [9.17, 15) is 5.11 Å². The molecule has 2 heterocycles. The maximum Gasteiger partial charge on any atom is 0.258 e. The lowest BCUT2D eigenvalue weighted by Crippen LogP contribution is -1.80. The monoisotopic (exact) mass is 227 g/mol. The summed E-state index contributed by atoms with van der Waals surface area (Å²) in [5, 5.41) is 13.2. The van der Waals surface area contributed by atoms with Crippen molar-refractivity contribution >= 4 is 0 Å². The molecule has 84 valence electrons. The van der Waals surface area contributed by atoms with Gasteiger partial charge in [-0.25, -0.2) is 0 Å². The molecule has 5 nitrogen and oxygen atoms in total. The van der Waals surface area contributed by atoms with Gasteiger partial charge in [0.2, 0.25) is 5.82 Å². The van der Waals surface area contributed by atoms with Gasteiger partial charge in [-0.3, -0.25) is 0 Å². The third kappa shape index (κ3) is 1.78. The van der Waals surface area contributed by atoms with E-state index in [1.807, 2.05) is 12.1 Å². The van der Waals surface area contributed by atoms with Crippen LogP contribution in [0.15, 0.2) is 47.1 Å². The second-order valence-electron chi connectivity index (χ2n) is 3.56. The van der Waals surface area contributed by atoms with Gasteiger partial charge in [-0.15, -0.1) is 0 Å². The molecule has 0 bridgehead atoms. The van der Waals surface area contributed by atoms with E-state index in [0.29, 0.717) is 17.3 Å². The summed E-state index contributed by atoms with van der Waals surface area (Å²) in [6.07, 6.45) is 1.79. The third-order valence-electron chi connectivity index (χ3n) is 2.36. The number of rotatable bonds is 2.